The Morgan fingerprint density at radius 3 is 2.58 bits per heavy atom. The summed E-state index contributed by atoms with van der Waals surface area (Å²) in [6.45, 7) is 3.68. The molecule has 0 aromatic carbocycles. The summed E-state index contributed by atoms with van der Waals surface area (Å²) in [5, 5.41) is 32.4. The third-order valence-corrected chi connectivity index (χ3v) is 8.55. The largest absolute Gasteiger partial charge is 0.459 e. The normalized spacial score (nSPS) is 48.4. The summed E-state index contributed by atoms with van der Waals surface area (Å²) in [5.41, 5.74) is -3.94. The molecule has 31 heavy (non-hydrogen) atoms. The topological polar surface area (TPSA) is 121 Å². The number of ketones is 2. The Kier molecular flexibility index (Phi) is 5.07. The number of aliphatic hydroxyl groups is 3. The quantitative estimate of drug-likeness (QED) is 0.566. The molecule has 4 aliphatic rings. The van der Waals surface area contributed by atoms with Gasteiger partial charge in [-0.15, -0.1) is 0 Å². The molecule has 0 aliphatic heterocycles. The number of Topliss-reactive ketones (excluding diaryl/α,β-unsaturated/α-hetero) is 1. The zero-order valence-electron chi connectivity index (χ0n) is 17.9. The van der Waals surface area contributed by atoms with Crippen LogP contribution in [0.3, 0.4) is 0 Å². The second-order valence-corrected chi connectivity index (χ2v) is 9.99. The van der Waals surface area contributed by atoms with Gasteiger partial charge in [0.1, 0.15) is 18.9 Å². The molecule has 0 spiro atoms. The van der Waals surface area contributed by atoms with E-state index in [0.717, 1.165) is 0 Å². The van der Waals surface area contributed by atoms with Crippen LogP contribution in [-0.4, -0.2) is 63.4 Å². The highest BCUT2D eigenvalue weighted by molar-refractivity contribution is 6.01. The van der Waals surface area contributed by atoms with Gasteiger partial charge in [0.05, 0.1) is 6.10 Å². The van der Waals surface area contributed by atoms with Gasteiger partial charge in [0.15, 0.2) is 17.2 Å². The minimum atomic E-state index is -2.19. The van der Waals surface area contributed by atoms with E-state index >= 15 is 4.39 Å². The molecular formula is C23H29FO7. The number of esters is 1. The Balaban J connectivity index is 1.82. The standard InChI is InChI=1S/C23H29FO7/c1-11(26)31-19-8-14-13-7-16(24)15-6-12(27)4-5-21(15,2)20(13)17(28)9-22(14,3)23(19,30)18(29)10-25/h4-6,13-14,16-17,19-20,25,28,30H,7-10H2,1-3H3/t13-,14-,16-,17-,19+,20+,21-,22-,23+/m0/s1. The summed E-state index contributed by atoms with van der Waals surface area (Å²) < 4.78 is 20.7. The van der Waals surface area contributed by atoms with E-state index in [-0.39, 0.29) is 25.0 Å². The lowest BCUT2D eigenvalue weighted by atomic mass is 9.46. The number of hydrogen-bond acceptors (Lipinski definition) is 7. The molecule has 170 valence electrons. The van der Waals surface area contributed by atoms with Crippen LogP contribution in [0.2, 0.25) is 0 Å². The molecule has 0 heterocycles. The van der Waals surface area contributed by atoms with Crippen molar-refractivity contribution in [2.75, 3.05) is 6.61 Å². The monoisotopic (exact) mass is 436 g/mol. The van der Waals surface area contributed by atoms with Crippen LogP contribution in [0.5, 0.6) is 0 Å². The molecule has 3 saturated carbocycles. The number of carbonyl (C=O) groups excluding carboxylic acids is 3. The highest BCUT2D eigenvalue weighted by Gasteiger charge is 2.73. The van der Waals surface area contributed by atoms with Crippen LogP contribution in [0.1, 0.15) is 40.0 Å². The maximum atomic E-state index is 15.4. The fourth-order valence-corrected chi connectivity index (χ4v) is 7.28. The van der Waals surface area contributed by atoms with Crippen LogP contribution in [-0.2, 0) is 19.1 Å². The average Bonchev–Trinajstić information content (AvgIpc) is 2.90. The molecule has 0 aromatic heterocycles. The first kappa shape index (κ1) is 22.3. The molecule has 4 rings (SSSR count). The number of fused-ring (bicyclic) bond motifs is 5. The SMILES string of the molecule is CC(=O)O[C@@H]1C[C@H]2[C@@H]3C[C@H](F)C4=CC(=O)C=C[C@]4(C)[C@H]3[C@@H](O)C[C@]2(C)[C@@]1(O)C(=O)CO. The second-order valence-electron chi connectivity index (χ2n) is 9.99. The molecule has 8 heteroatoms. The van der Waals surface area contributed by atoms with Crippen LogP contribution in [0.25, 0.3) is 0 Å². The molecule has 0 bridgehead atoms. The zero-order chi connectivity index (χ0) is 22.9. The summed E-state index contributed by atoms with van der Waals surface area (Å²) in [4.78, 5) is 36.3. The van der Waals surface area contributed by atoms with Crippen LogP contribution in [0.4, 0.5) is 4.39 Å². The van der Waals surface area contributed by atoms with Gasteiger partial charge in [-0.05, 0) is 48.8 Å². The minimum Gasteiger partial charge on any atom is -0.459 e. The number of ether oxygens (including phenoxy) is 1. The summed E-state index contributed by atoms with van der Waals surface area (Å²) in [5.74, 6) is -3.14. The molecule has 0 radical (unpaired) electrons. The third kappa shape index (κ3) is 2.84. The van der Waals surface area contributed by atoms with E-state index in [1.54, 1.807) is 19.9 Å². The number of hydrogen-bond donors (Lipinski definition) is 3. The molecule has 4 aliphatic carbocycles. The summed E-state index contributed by atoms with van der Waals surface area (Å²) in [7, 11) is 0. The van der Waals surface area contributed by atoms with Crippen molar-refractivity contribution in [2.45, 2.75) is 64.0 Å². The van der Waals surface area contributed by atoms with Gasteiger partial charge < -0.3 is 20.1 Å². The third-order valence-electron chi connectivity index (χ3n) is 8.55. The van der Waals surface area contributed by atoms with Gasteiger partial charge in [0, 0.05) is 23.7 Å². The smallest absolute Gasteiger partial charge is 0.303 e. The maximum absolute atomic E-state index is 15.4. The van der Waals surface area contributed by atoms with E-state index in [0.29, 0.717) is 5.57 Å². The van der Waals surface area contributed by atoms with Crippen molar-refractivity contribution in [2.24, 2.45) is 28.6 Å². The first-order chi connectivity index (χ1) is 14.4. The highest BCUT2D eigenvalue weighted by Crippen LogP contribution is 2.67. The summed E-state index contributed by atoms with van der Waals surface area (Å²) >= 11 is 0. The highest BCUT2D eigenvalue weighted by atomic mass is 19.1. The zero-order valence-corrected chi connectivity index (χ0v) is 17.9. The second kappa shape index (κ2) is 7.05. The molecule has 0 aromatic rings. The van der Waals surface area contributed by atoms with Crippen LogP contribution >= 0.6 is 0 Å². The number of alkyl halides is 1. The number of allylic oxidation sites excluding steroid dienone is 4. The lowest BCUT2D eigenvalue weighted by Gasteiger charge is -2.59. The number of rotatable bonds is 3. The van der Waals surface area contributed by atoms with Gasteiger partial charge in [-0.1, -0.05) is 19.9 Å². The predicted molar refractivity (Wildman–Crippen MR) is 106 cm³/mol. The molecule has 0 amide bonds. The maximum Gasteiger partial charge on any atom is 0.303 e. The Hall–Kier alpha value is -1.90. The Morgan fingerprint density at radius 2 is 1.97 bits per heavy atom. The van der Waals surface area contributed by atoms with E-state index in [1.165, 1.54) is 19.1 Å². The van der Waals surface area contributed by atoms with Gasteiger partial charge in [-0.2, -0.15) is 0 Å². The fourth-order valence-electron chi connectivity index (χ4n) is 7.28. The first-order valence-corrected chi connectivity index (χ1v) is 10.7. The fraction of sp³-hybridized carbons (Fsp3) is 0.696. The van der Waals surface area contributed by atoms with Gasteiger partial charge >= 0.3 is 5.97 Å². The van der Waals surface area contributed by atoms with Crippen molar-refractivity contribution >= 4 is 17.5 Å². The van der Waals surface area contributed by atoms with E-state index in [4.69, 9.17) is 4.74 Å². The van der Waals surface area contributed by atoms with Crippen molar-refractivity contribution in [3.8, 4) is 0 Å². The van der Waals surface area contributed by atoms with Crippen LogP contribution < -0.4 is 0 Å². The Bertz CT molecular complexity index is 896. The van der Waals surface area contributed by atoms with Crippen LogP contribution in [0, 0.1) is 28.6 Å². The van der Waals surface area contributed by atoms with Gasteiger partial charge in [0.2, 0.25) is 0 Å². The first-order valence-electron chi connectivity index (χ1n) is 10.7. The van der Waals surface area contributed by atoms with Crippen molar-refractivity contribution in [1.29, 1.82) is 0 Å². The molecule has 7 nitrogen and oxygen atoms in total. The van der Waals surface area contributed by atoms with Crippen LogP contribution in [0.15, 0.2) is 23.8 Å². The summed E-state index contributed by atoms with van der Waals surface area (Å²) in [6, 6.07) is 0. The Labute approximate surface area is 180 Å². The molecule has 3 N–H and O–H groups in total. The predicted octanol–water partition coefficient (Wildman–Crippen LogP) is 1.05. The van der Waals surface area contributed by atoms with Gasteiger partial charge in [-0.25, -0.2) is 4.39 Å². The van der Waals surface area contributed by atoms with Gasteiger partial charge in [0.25, 0.3) is 0 Å². The average molecular weight is 436 g/mol. The number of halogens is 1. The number of carbonyl (C=O) groups is 3. The lowest BCUT2D eigenvalue weighted by molar-refractivity contribution is -0.198. The molecule has 3 fully saturated rings. The van der Waals surface area contributed by atoms with E-state index in [2.05, 4.69) is 0 Å². The molecule has 9 atom stereocenters. The van der Waals surface area contributed by atoms with Gasteiger partial charge in [-0.3, -0.25) is 14.4 Å². The van der Waals surface area contributed by atoms with E-state index < -0.39 is 70.9 Å². The lowest BCUT2D eigenvalue weighted by Crippen LogP contribution is -2.64. The van der Waals surface area contributed by atoms with Crippen molar-refractivity contribution in [3.05, 3.63) is 23.8 Å². The Morgan fingerprint density at radius 1 is 1.29 bits per heavy atom. The van der Waals surface area contributed by atoms with E-state index in [1.807, 2.05) is 0 Å². The number of aliphatic hydroxyl groups excluding tert-OH is 2. The molecule has 0 saturated heterocycles. The molecular weight excluding hydrogens is 407 g/mol. The summed E-state index contributed by atoms with van der Waals surface area (Å²) in [6.07, 6.45) is 0.909. The van der Waals surface area contributed by atoms with Crippen molar-refractivity contribution in [1.82, 2.24) is 0 Å². The molecule has 0 unspecified atom stereocenters. The minimum absolute atomic E-state index is 0.0143. The van der Waals surface area contributed by atoms with Crippen molar-refractivity contribution < 1.29 is 38.8 Å². The van der Waals surface area contributed by atoms with Crippen molar-refractivity contribution in [3.63, 3.8) is 0 Å². The van der Waals surface area contributed by atoms with E-state index in [9.17, 15) is 29.7 Å².